The number of hydrogen-bond acceptors (Lipinski definition) is 9. The largest absolute Gasteiger partial charge is 0.467 e. The Morgan fingerprint density at radius 1 is 0.875 bits per heavy atom. The van der Waals surface area contributed by atoms with Crippen molar-refractivity contribution >= 4 is 58.6 Å². The van der Waals surface area contributed by atoms with Crippen molar-refractivity contribution in [3.63, 3.8) is 0 Å². The van der Waals surface area contributed by atoms with Gasteiger partial charge in [-0.15, -0.1) is 11.8 Å². The average Bonchev–Trinajstić information content (AvgIpc) is 3.33. The van der Waals surface area contributed by atoms with Gasteiger partial charge in [-0.05, 0) is 36.6 Å². The van der Waals surface area contributed by atoms with Crippen molar-refractivity contribution in [2.45, 2.75) is 81.9 Å². The lowest BCUT2D eigenvalue weighted by Gasteiger charge is -2.26. The molecule has 1 saturated heterocycles. The molecule has 1 fully saturated rings. The molecule has 4 amide bonds. The number of benzene rings is 2. The molecule has 2 unspecified atom stereocenters. The third-order valence-corrected chi connectivity index (χ3v) is 9.35. The minimum atomic E-state index is -1.13. The van der Waals surface area contributed by atoms with Gasteiger partial charge < -0.3 is 15.0 Å². The second kappa shape index (κ2) is 17.4. The van der Waals surface area contributed by atoms with Crippen LogP contribution in [0.5, 0.6) is 0 Å². The van der Waals surface area contributed by atoms with E-state index >= 15 is 0 Å². The SMILES string of the molecule is COC(=O)C(NC(C)=O)SC1CC(=O)N(CCC(=O)CCCCCC(=O)CCC(=O)N2Cc3ccccc3C#Cc3ccccc32)C1=O. The first-order valence-corrected chi connectivity index (χ1v) is 16.9. The summed E-state index contributed by atoms with van der Waals surface area (Å²) in [6.45, 7) is 1.55. The topological polar surface area (TPSA) is 147 Å². The maximum atomic E-state index is 13.3. The number of nitrogens with one attached hydrogen (secondary N) is 1. The number of anilines is 1. The Bertz CT molecular complexity index is 1640. The molecular formula is C36H39N3O8S. The number of likely N-dealkylation sites (tertiary alicyclic amines) is 1. The number of hydrogen-bond donors (Lipinski definition) is 1. The lowest BCUT2D eigenvalue weighted by molar-refractivity contribution is -0.142. The van der Waals surface area contributed by atoms with Gasteiger partial charge in [-0.3, -0.25) is 33.7 Å². The molecule has 0 saturated carbocycles. The molecule has 0 radical (unpaired) electrons. The van der Waals surface area contributed by atoms with Crippen LogP contribution in [0.4, 0.5) is 5.69 Å². The first-order valence-electron chi connectivity index (χ1n) is 15.9. The zero-order valence-corrected chi connectivity index (χ0v) is 27.9. The normalized spacial score (nSPS) is 15.7. The van der Waals surface area contributed by atoms with Gasteiger partial charge in [-0.2, -0.15) is 0 Å². The van der Waals surface area contributed by atoms with Gasteiger partial charge in [0.15, 0.2) is 5.37 Å². The van der Waals surface area contributed by atoms with Crippen molar-refractivity contribution in [3.8, 4) is 11.8 Å². The second-order valence-electron chi connectivity index (χ2n) is 11.6. The molecule has 4 rings (SSSR count). The molecule has 0 aliphatic carbocycles. The number of methoxy groups -OCH3 is 1. The Labute approximate surface area is 284 Å². The van der Waals surface area contributed by atoms with Gasteiger partial charge >= 0.3 is 5.97 Å². The van der Waals surface area contributed by atoms with Crippen LogP contribution in [0.1, 0.15) is 81.4 Å². The third kappa shape index (κ3) is 9.87. The number of para-hydroxylation sites is 1. The fraction of sp³-hybridized carbons (Fsp3) is 0.417. The molecule has 0 spiro atoms. The Kier molecular flexibility index (Phi) is 13.1. The Morgan fingerprint density at radius 2 is 1.52 bits per heavy atom. The lowest BCUT2D eigenvalue weighted by atomic mass is 10.0. The van der Waals surface area contributed by atoms with Crippen LogP contribution < -0.4 is 10.2 Å². The molecule has 2 atom stereocenters. The monoisotopic (exact) mass is 673 g/mol. The number of nitrogens with zero attached hydrogens (tertiary/aromatic N) is 2. The summed E-state index contributed by atoms with van der Waals surface area (Å²) in [6.07, 6.45) is 2.47. The number of Topliss-reactive ketones (excluding diaryl/α,β-unsaturated/α-hetero) is 2. The van der Waals surface area contributed by atoms with Crippen LogP contribution >= 0.6 is 11.8 Å². The first-order chi connectivity index (χ1) is 23.1. The summed E-state index contributed by atoms with van der Waals surface area (Å²) in [4.78, 5) is 89.8. The molecule has 0 aromatic heterocycles. The van der Waals surface area contributed by atoms with E-state index in [0.717, 1.165) is 46.1 Å². The molecule has 0 bridgehead atoms. The number of imide groups is 1. The molecule has 252 valence electrons. The highest BCUT2D eigenvalue weighted by atomic mass is 32.2. The fourth-order valence-corrected chi connectivity index (χ4v) is 6.75. The summed E-state index contributed by atoms with van der Waals surface area (Å²) < 4.78 is 4.66. The van der Waals surface area contributed by atoms with Gasteiger partial charge in [0.1, 0.15) is 11.6 Å². The number of carbonyl (C=O) groups excluding carboxylic acids is 7. The Hall–Kier alpha value is -4.76. The number of thioether (sulfide) groups is 1. The van der Waals surface area contributed by atoms with Crippen LogP contribution in [0.2, 0.25) is 0 Å². The van der Waals surface area contributed by atoms with Crippen LogP contribution in [0, 0.1) is 11.8 Å². The molecule has 2 heterocycles. The zero-order valence-electron chi connectivity index (χ0n) is 27.1. The summed E-state index contributed by atoms with van der Waals surface area (Å²) in [5.74, 6) is 3.93. The molecule has 48 heavy (non-hydrogen) atoms. The van der Waals surface area contributed by atoms with E-state index in [1.807, 2.05) is 48.5 Å². The van der Waals surface area contributed by atoms with Gasteiger partial charge in [-0.25, -0.2) is 4.79 Å². The van der Waals surface area contributed by atoms with Gasteiger partial charge in [-0.1, -0.05) is 48.6 Å². The average molecular weight is 674 g/mol. The molecule has 2 aromatic rings. The Balaban J connectivity index is 1.15. The highest BCUT2D eigenvalue weighted by Crippen LogP contribution is 2.29. The fourth-order valence-electron chi connectivity index (χ4n) is 5.49. The van der Waals surface area contributed by atoms with E-state index in [9.17, 15) is 33.6 Å². The van der Waals surface area contributed by atoms with Crippen molar-refractivity contribution < 1.29 is 38.3 Å². The predicted molar refractivity (Wildman–Crippen MR) is 179 cm³/mol. The summed E-state index contributed by atoms with van der Waals surface area (Å²) in [6, 6.07) is 15.2. The van der Waals surface area contributed by atoms with Gasteiger partial charge in [0.25, 0.3) is 0 Å². The Morgan fingerprint density at radius 3 is 2.23 bits per heavy atom. The smallest absolute Gasteiger partial charge is 0.339 e. The molecule has 2 aliphatic rings. The highest BCUT2D eigenvalue weighted by Gasteiger charge is 2.41. The lowest BCUT2D eigenvalue weighted by Crippen LogP contribution is -2.40. The quantitative estimate of drug-likeness (QED) is 0.0927. The molecule has 12 heteroatoms. The molecule has 11 nitrogen and oxygen atoms in total. The van der Waals surface area contributed by atoms with E-state index in [4.69, 9.17) is 0 Å². The standard InChI is InChI=1S/C36H39N3O8S/c1-24(40)37-34(36(46)47-2)48-31-22-33(44)38(35(31)45)21-20-29(42)14-5-3-4-13-28(41)18-19-32(43)39-23-27-12-7-6-10-25(27)16-17-26-11-8-9-15-30(26)39/h6-12,15,31,34H,3-5,13-14,18-23H2,1-2H3,(H,37,40). The highest BCUT2D eigenvalue weighted by molar-refractivity contribution is 8.01. The minimum Gasteiger partial charge on any atom is -0.467 e. The maximum Gasteiger partial charge on any atom is 0.339 e. The minimum absolute atomic E-state index is 0.0116. The number of carbonyl (C=O) groups is 7. The number of amides is 4. The predicted octanol–water partition coefficient (Wildman–Crippen LogP) is 3.69. The van der Waals surface area contributed by atoms with Crippen LogP contribution in [-0.4, -0.2) is 70.3 Å². The van der Waals surface area contributed by atoms with Crippen LogP contribution in [0.25, 0.3) is 0 Å². The summed E-state index contributed by atoms with van der Waals surface area (Å²) in [7, 11) is 1.16. The number of ketones is 2. The van der Waals surface area contributed by atoms with Crippen molar-refractivity contribution in [3.05, 3.63) is 65.2 Å². The van der Waals surface area contributed by atoms with E-state index in [1.54, 1.807) is 4.90 Å². The molecule has 1 N–H and O–H groups in total. The first kappa shape index (κ1) is 36.1. The summed E-state index contributed by atoms with van der Waals surface area (Å²) in [5.41, 5.74) is 3.31. The summed E-state index contributed by atoms with van der Waals surface area (Å²) in [5, 5.41) is 0.410. The number of fused-ring (bicyclic) bond motifs is 2. The van der Waals surface area contributed by atoms with Crippen molar-refractivity contribution in [1.82, 2.24) is 10.2 Å². The second-order valence-corrected chi connectivity index (χ2v) is 12.9. The van der Waals surface area contributed by atoms with E-state index in [0.29, 0.717) is 32.2 Å². The van der Waals surface area contributed by atoms with Gasteiger partial charge in [0.2, 0.25) is 23.6 Å². The number of esters is 1. The third-order valence-electron chi connectivity index (χ3n) is 8.07. The number of ether oxygens (including phenoxy) is 1. The van der Waals surface area contributed by atoms with Gasteiger partial charge in [0, 0.05) is 63.1 Å². The maximum absolute atomic E-state index is 13.3. The van der Waals surface area contributed by atoms with Crippen LogP contribution in [0.15, 0.2) is 48.5 Å². The summed E-state index contributed by atoms with van der Waals surface area (Å²) >= 11 is 0.837. The van der Waals surface area contributed by atoms with Crippen molar-refractivity contribution in [2.24, 2.45) is 0 Å². The molecule has 2 aliphatic heterocycles. The number of unbranched alkanes of at least 4 members (excludes halogenated alkanes) is 2. The van der Waals surface area contributed by atoms with Crippen molar-refractivity contribution in [1.29, 1.82) is 0 Å². The zero-order chi connectivity index (χ0) is 34.6. The van der Waals surface area contributed by atoms with E-state index < -0.39 is 34.3 Å². The number of rotatable bonds is 16. The van der Waals surface area contributed by atoms with E-state index in [1.165, 1.54) is 6.92 Å². The van der Waals surface area contributed by atoms with E-state index in [-0.39, 0.29) is 56.1 Å². The van der Waals surface area contributed by atoms with Crippen LogP contribution in [-0.2, 0) is 44.8 Å². The van der Waals surface area contributed by atoms with Gasteiger partial charge in [0.05, 0.1) is 24.6 Å². The van der Waals surface area contributed by atoms with Crippen molar-refractivity contribution in [2.75, 3.05) is 18.6 Å². The molecular weight excluding hydrogens is 634 g/mol. The van der Waals surface area contributed by atoms with Crippen LogP contribution in [0.3, 0.4) is 0 Å². The van der Waals surface area contributed by atoms with E-state index in [2.05, 4.69) is 21.9 Å². The molecule has 2 aromatic carbocycles.